The van der Waals surface area contributed by atoms with Gasteiger partial charge in [-0.15, -0.1) is 16.9 Å². The van der Waals surface area contributed by atoms with Gasteiger partial charge in [0.2, 0.25) is 11.1 Å². The molecule has 3 rings (SSSR count). The minimum absolute atomic E-state index is 0.0901. The Bertz CT molecular complexity index is 911. The maximum absolute atomic E-state index is 12.3. The van der Waals surface area contributed by atoms with Gasteiger partial charge in [0.05, 0.1) is 11.4 Å². The van der Waals surface area contributed by atoms with Crippen molar-refractivity contribution in [2.24, 2.45) is 0 Å². The zero-order valence-electron chi connectivity index (χ0n) is 16.0. The maximum Gasteiger partial charge on any atom is 0.234 e. The predicted octanol–water partition coefficient (Wildman–Crippen LogP) is 4.46. The van der Waals surface area contributed by atoms with Crippen molar-refractivity contribution in [3.05, 3.63) is 54.1 Å². The molecular weight excluding hydrogens is 390 g/mol. The average molecular weight is 414 g/mol. The normalized spacial score (nSPS) is 10.8. The highest BCUT2D eigenvalue weighted by atomic mass is 32.2. The molecule has 146 valence electrons. The summed E-state index contributed by atoms with van der Waals surface area (Å²) in [6.07, 6.45) is 5.44. The molecule has 6 nitrogen and oxygen atoms in total. The van der Waals surface area contributed by atoms with Gasteiger partial charge in [-0.05, 0) is 65.4 Å². The maximum atomic E-state index is 12.3. The Balaban J connectivity index is 1.60. The molecule has 1 heterocycles. The molecule has 1 N–H and O–H groups in total. The number of unbranched alkanes of at least 4 members (excludes halogenated alkanes) is 1. The Kier molecular flexibility index (Phi) is 7.50. The number of carbonyl (C=O) groups is 1. The van der Waals surface area contributed by atoms with Gasteiger partial charge in [-0.3, -0.25) is 4.79 Å². The first-order valence-electron chi connectivity index (χ1n) is 9.14. The second kappa shape index (κ2) is 10.3. The highest BCUT2D eigenvalue weighted by Gasteiger charge is 2.12. The molecule has 3 aromatic rings. The van der Waals surface area contributed by atoms with E-state index >= 15 is 0 Å². The molecule has 28 heavy (non-hydrogen) atoms. The standard InChI is InChI=1S/C20H23N5OS2/c1-3-4-6-15-9-11-17(12-10-15)25-20(22-23-24-25)28-14-19(26)21-16-7-5-8-18(13-16)27-2/h5,7-13H,3-4,6,14H2,1-2H3,(H,21,26). The Labute approximate surface area is 173 Å². The Hall–Kier alpha value is -2.32. The minimum Gasteiger partial charge on any atom is -0.325 e. The molecule has 0 spiro atoms. The zero-order chi connectivity index (χ0) is 19.8. The van der Waals surface area contributed by atoms with Crippen LogP contribution in [0.5, 0.6) is 0 Å². The number of rotatable bonds is 9. The number of hydrogen-bond acceptors (Lipinski definition) is 6. The predicted molar refractivity (Wildman–Crippen MR) is 115 cm³/mol. The number of tetrazole rings is 1. The lowest BCUT2D eigenvalue weighted by molar-refractivity contribution is -0.113. The fourth-order valence-electron chi connectivity index (χ4n) is 2.64. The van der Waals surface area contributed by atoms with Gasteiger partial charge in [0.15, 0.2) is 0 Å². The van der Waals surface area contributed by atoms with Crippen molar-refractivity contribution < 1.29 is 4.79 Å². The number of carbonyl (C=O) groups excluding carboxylic acids is 1. The van der Waals surface area contributed by atoms with Gasteiger partial charge < -0.3 is 5.32 Å². The molecule has 0 bridgehead atoms. The van der Waals surface area contributed by atoms with E-state index < -0.39 is 0 Å². The van der Waals surface area contributed by atoms with Crippen LogP contribution in [0.25, 0.3) is 5.69 Å². The first-order chi connectivity index (χ1) is 13.7. The summed E-state index contributed by atoms with van der Waals surface area (Å²) in [7, 11) is 0. The van der Waals surface area contributed by atoms with Crippen LogP contribution in [0.15, 0.2) is 58.6 Å². The third kappa shape index (κ3) is 5.59. The molecule has 1 amide bonds. The monoisotopic (exact) mass is 413 g/mol. The van der Waals surface area contributed by atoms with Crippen molar-refractivity contribution in [3.8, 4) is 5.69 Å². The summed E-state index contributed by atoms with van der Waals surface area (Å²) in [5.74, 6) is 0.144. The lowest BCUT2D eigenvalue weighted by Gasteiger charge is -2.07. The second-order valence-corrected chi connectivity index (χ2v) is 8.03. The summed E-state index contributed by atoms with van der Waals surface area (Å²) in [4.78, 5) is 13.4. The summed E-state index contributed by atoms with van der Waals surface area (Å²) in [5.41, 5.74) is 2.99. The van der Waals surface area contributed by atoms with E-state index in [1.54, 1.807) is 16.4 Å². The number of amides is 1. The highest BCUT2D eigenvalue weighted by Crippen LogP contribution is 2.21. The van der Waals surface area contributed by atoms with Crippen LogP contribution < -0.4 is 5.32 Å². The first-order valence-corrected chi connectivity index (χ1v) is 11.3. The third-order valence-electron chi connectivity index (χ3n) is 4.13. The molecule has 0 radical (unpaired) electrons. The van der Waals surface area contributed by atoms with E-state index in [2.05, 4.69) is 39.9 Å². The fraction of sp³-hybridized carbons (Fsp3) is 0.300. The Morgan fingerprint density at radius 2 is 2.00 bits per heavy atom. The van der Waals surface area contributed by atoms with E-state index in [1.165, 1.54) is 30.2 Å². The van der Waals surface area contributed by atoms with Crippen molar-refractivity contribution in [1.29, 1.82) is 0 Å². The van der Waals surface area contributed by atoms with E-state index in [4.69, 9.17) is 0 Å². The third-order valence-corrected chi connectivity index (χ3v) is 5.77. The Morgan fingerprint density at radius 1 is 1.18 bits per heavy atom. The summed E-state index contributed by atoms with van der Waals surface area (Å²) in [6, 6.07) is 16.0. The van der Waals surface area contributed by atoms with Gasteiger partial charge in [-0.1, -0.05) is 43.3 Å². The zero-order valence-corrected chi connectivity index (χ0v) is 17.6. The average Bonchev–Trinajstić information content (AvgIpc) is 3.20. The number of aryl methyl sites for hydroxylation is 1. The van der Waals surface area contributed by atoms with Gasteiger partial charge in [-0.25, -0.2) is 0 Å². The summed E-state index contributed by atoms with van der Waals surface area (Å²) >= 11 is 2.95. The smallest absolute Gasteiger partial charge is 0.234 e. The van der Waals surface area contributed by atoms with Crippen molar-refractivity contribution in [3.63, 3.8) is 0 Å². The molecule has 2 aromatic carbocycles. The van der Waals surface area contributed by atoms with Gasteiger partial charge in [-0.2, -0.15) is 4.68 Å². The molecular formula is C20H23N5OS2. The van der Waals surface area contributed by atoms with E-state index in [0.29, 0.717) is 5.16 Å². The molecule has 0 aliphatic rings. The quantitative estimate of drug-likeness (QED) is 0.522. The molecule has 0 aliphatic heterocycles. The van der Waals surface area contributed by atoms with Crippen LogP contribution in [0.3, 0.4) is 0 Å². The first kappa shape index (κ1) is 20.4. The summed E-state index contributed by atoms with van der Waals surface area (Å²) < 4.78 is 1.66. The second-order valence-electron chi connectivity index (χ2n) is 6.21. The lowest BCUT2D eigenvalue weighted by Crippen LogP contribution is -2.14. The van der Waals surface area contributed by atoms with Gasteiger partial charge >= 0.3 is 0 Å². The molecule has 8 heteroatoms. The number of thioether (sulfide) groups is 2. The van der Waals surface area contributed by atoms with E-state index in [9.17, 15) is 4.79 Å². The minimum atomic E-state index is -0.0901. The van der Waals surface area contributed by atoms with Crippen LogP contribution in [0, 0.1) is 0 Å². The number of nitrogens with zero attached hydrogens (tertiary/aromatic N) is 4. The van der Waals surface area contributed by atoms with Crippen LogP contribution >= 0.6 is 23.5 Å². The van der Waals surface area contributed by atoms with Crippen molar-refractivity contribution in [2.45, 2.75) is 36.2 Å². The van der Waals surface area contributed by atoms with Crippen molar-refractivity contribution in [1.82, 2.24) is 20.2 Å². The van der Waals surface area contributed by atoms with E-state index in [1.807, 2.05) is 42.7 Å². The summed E-state index contributed by atoms with van der Waals surface area (Å²) in [5, 5.41) is 15.4. The number of nitrogens with one attached hydrogen (secondary N) is 1. The van der Waals surface area contributed by atoms with Crippen LogP contribution in [-0.2, 0) is 11.2 Å². The van der Waals surface area contributed by atoms with E-state index in [0.717, 1.165) is 22.7 Å². The highest BCUT2D eigenvalue weighted by molar-refractivity contribution is 7.99. The molecule has 0 aliphatic carbocycles. The lowest BCUT2D eigenvalue weighted by atomic mass is 10.1. The van der Waals surface area contributed by atoms with Crippen molar-refractivity contribution in [2.75, 3.05) is 17.3 Å². The number of hydrogen-bond donors (Lipinski definition) is 1. The van der Waals surface area contributed by atoms with Crippen LogP contribution in [-0.4, -0.2) is 38.1 Å². The molecule has 0 saturated carbocycles. The molecule has 1 aromatic heterocycles. The fourth-order valence-corrected chi connectivity index (χ4v) is 3.79. The molecule has 0 fully saturated rings. The van der Waals surface area contributed by atoms with Crippen LogP contribution in [0.2, 0.25) is 0 Å². The van der Waals surface area contributed by atoms with Gasteiger partial charge in [0, 0.05) is 10.6 Å². The van der Waals surface area contributed by atoms with Crippen LogP contribution in [0.4, 0.5) is 5.69 Å². The van der Waals surface area contributed by atoms with Gasteiger partial charge in [0.25, 0.3) is 0 Å². The largest absolute Gasteiger partial charge is 0.325 e. The van der Waals surface area contributed by atoms with Gasteiger partial charge in [0.1, 0.15) is 0 Å². The molecule has 0 unspecified atom stereocenters. The number of anilines is 1. The topological polar surface area (TPSA) is 72.7 Å². The van der Waals surface area contributed by atoms with Crippen molar-refractivity contribution >= 4 is 35.1 Å². The summed E-state index contributed by atoms with van der Waals surface area (Å²) in [6.45, 7) is 2.19. The molecule has 0 atom stereocenters. The molecule has 0 saturated heterocycles. The Morgan fingerprint density at radius 3 is 2.75 bits per heavy atom. The van der Waals surface area contributed by atoms with Crippen LogP contribution in [0.1, 0.15) is 25.3 Å². The number of aromatic nitrogens is 4. The number of benzene rings is 2. The SMILES string of the molecule is CCCCc1ccc(-n2nnnc2SCC(=O)Nc2cccc(SC)c2)cc1. The van der Waals surface area contributed by atoms with E-state index in [-0.39, 0.29) is 11.7 Å².